The van der Waals surface area contributed by atoms with Crippen LogP contribution in [0.1, 0.15) is 36.8 Å². The molecule has 0 radical (unpaired) electrons. The molecule has 1 amide bonds. The van der Waals surface area contributed by atoms with Crippen molar-refractivity contribution < 1.29 is 9.32 Å². The Kier molecular flexibility index (Phi) is 4.24. The molecule has 2 heterocycles. The largest absolute Gasteiger partial charge is 0.361 e. The van der Waals surface area contributed by atoms with Gasteiger partial charge in [-0.15, -0.1) is 0 Å². The molecule has 1 fully saturated rings. The summed E-state index contributed by atoms with van der Waals surface area (Å²) in [7, 11) is 1.84. The van der Waals surface area contributed by atoms with Gasteiger partial charge in [-0.05, 0) is 39.2 Å². The van der Waals surface area contributed by atoms with Gasteiger partial charge >= 0.3 is 0 Å². The molecule has 0 bridgehead atoms. The SMILES string of the molecule is Cc1noc(C)c1CN(C)C(=O)C1CC(C)CCN1. The maximum absolute atomic E-state index is 12.4. The lowest BCUT2D eigenvalue weighted by Gasteiger charge is -2.30. The van der Waals surface area contributed by atoms with Crippen molar-refractivity contribution in [3.63, 3.8) is 0 Å². The molecule has 2 rings (SSSR count). The van der Waals surface area contributed by atoms with Gasteiger partial charge in [0.15, 0.2) is 0 Å². The second kappa shape index (κ2) is 5.74. The van der Waals surface area contributed by atoms with Crippen molar-refractivity contribution in [1.82, 2.24) is 15.4 Å². The molecule has 1 saturated heterocycles. The van der Waals surface area contributed by atoms with Crippen molar-refractivity contribution in [3.05, 3.63) is 17.0 Å². The monoisotopic (exact) mass is 265 g/mol. The smallest absolute Gasteiger partial charge is 0.239 e. The Balaban J connectivity index is 1.99. The molecule has 5 nitrogen and oxygen atoms in total. The summed E-state index contributed by atoms with van der Waals surface area (Å²) < 4.78 is 5.13. The van der Waals surface area contributed by atoms with E-state index in [4.69, 9.17) is 4.52 Å². The second-order valence-electron chi connectivity index (χ2n) is 5.63. The van der Waals surface area contributed by atoms with Crippen molar-refractivity contribution in [3.8, 4) is 0 Å². The second-order valence-corrected chi connectivity index (χ2v) is 5.63. The van der Waals surface area contributed by atoms with Gasteiger partial charge in [0.05, 0.1) is 18.3 Å². The van der Waals surface area contributed by atoms with E-state index in [-0.39, 0.29) is 11.9 Å². The van der Waals surface area contributed by atoms with E-state index in [9.17, 15) is 4.79 Å². The van der Waals surface area contributed by atoms with E-state index in [1.54, 1.807) is 4.90 Å². The maximum atomic E-state index is 12.4. The molecule has 1 aromatic heterocycles. The number of rotatable bonds is 3. The number of piperidine rings is 1. The normalized spacial score (nSPS) is 23.4. The summed E-state index contributed by atoms with van der Waals surface area (Å²) in [5.41, 5.74) is 1.88. The van der Waals surface area contributed by atoms with Gasteiger partial charge in [-0.25, -0.2) is 0 Å². The van der Waals surface area contributed by atoms with Crippen LogP contribution in [0.4, 0.5) is 0 Å². The van der Waals surface area contributed by atoms with Gasteiger partial charge in [0.1, 0.15) is 5.76 Å². The van der Waals surface area contributed by atoms with E-state index in [2.05, 4.69) is 17.4 Å². The van der Waals surface area contributed by atoms with Crippen molar-refractivity contribution in [1.29, 1.82) is 0 Å². The van der Waals surface area contributed by atoms with Crippen LogP contribution in [0.3, 0.4) is 0 Å². The highest BCUT2D eigenvalue weighted by atomic mass is 16.5. The van der Waals surface area contributed by atoms with Crippen LogP contribution < -0.4 is 5.32 Å². The molecular formula is C14H23N3O2. The molecular weight excluding hydrogens is 242 g/mol. The summed E-state index contributed by atoms with van der Waals surface area (Å²) >= 11 is 0. The van der Waals surface area contributed by atoms with Crippen molar-refractivity contribution in [2.75, 3.05) is 13.6 Å². The number of nitrogens with zero attached hydrogens (tertiary/aromatic N) is 2. The molecule has 0 aliphatic carbocycles. The highest BCUT2D eigenvalue weighted by molar-refractivity contribution is 5.81. The molecule has 1 aromatic rings. The zero-order valence-corrected chi connectivity index (χ0v) is 12.2. The fraction of sp³-hybridized carbons (Fsp3) is 0.714. The van der Waals surface area contributed by atoms with Crippen molar-refractivity contribution >= 4 is 5.91 Å². The molecule has 1 aliphatic rings. The lowest BCUT2D eigenvalue weighted by molar-refractivity contribution is -0.133. The van der Waals surface area contributed by atoms with Crippen LogP contribution >= 0.6 is 0 Å². The lowest BCUT2D eigenvalue weighted by atomic mass is 9.93. The predicted molar refractivity (Wildman–Crippen MR) is 72.6 cm³/mol. The van der Waals surface area contributed by atoms with Gasteiger partial charge in [-0.1, -0.05) is 12.1 Å². The van der Waals surface area contributed by atoms with Gasteiger partial charge in [0.2, 0.25) is 5.91 Å². The van der Waals surface area contributed by atoms with E-state index in [0.29, 0.717) is 12.5 Å². The van der Waals surface area contributed by atoms with Crippen molar-refractivity contribution in [2.45, 2.75) is 46.2 Å². The number of aromatic nitrogens is 1. The Bertz CT molecular complexity index is 436. The molecule has 19 heavy (non-hydrogen) atoms. The standard InChI is InChI=1S/C14H23N3O2/c1-9-5-6-15-13(7-9)14(18)17(4)8-12-10(2)16-19-11(12)3/h9,13,15H,5-8H2,1-4H3. The van der Waals surface area contributed by atoms with Gasteiger partial charge in [0, 0.05) is 12.6 Å². The number of hydrogen-bond donors (Lipinski definition) is 1. The first kappa shape index (κ1) is 14.1. The molecule has 0 aromatic carbocycles. The first-order valence-corrected chi connectivity index (χ1v) is 6.89. The van der Waals surface area contributed by atoms with Crippen LogP contribution in [0.5, 0.6) is 0 Å². The quantitative estimate of drug-likeness (QED) is 0.902. The Morgan fingerprint density at radius 1 is 1.53 bits per heavy atom. The third-order valence-electron chi connectivity index (χ3n) is 3.92. The van der Waals surface area contributed by atoms with Crippen LogP contribution in [0.2, 0.25) is 0 Å². The van der Waals surface area contributed by atoms with E-state index < -0.39 is 0 Å². The third kappa shape index (κ3) is 3.15. The van der Waals surface area contributed by atoms with Crippen molar-refractivity contribution in [2.24, 2.45) is 5.92 Å². The number of hydrogen-bond acceptors (Lipinski definition) is 4. The number of carbonyl (C=O) groups is 1. The molecule has 106 valence electrons. The van der Waals surface area contributed by atoms with Crippen LogP contribution in [-0.4, -0.2) is 35.6 Å². The van der Waals surface area contributed by atoms with E-state index in [0.717, 1.165) is 36.4 Å². The topological polar surface area (TPSA) is 58.4 Å². The van der Waals surface area contributed by atoms with Gasteiger partial charge < -0.3 is 14.7 Å². The molecule has 2 unspecified atom stereocenters. The van der Waals surface area contributed by atoms with E-state index >= 15 is 0 Å². The number of carbonyl (C=O) groups excluding carboxylic acids is 1. The highest BCUT2D eigenvalue weighted by Crippen LogP contribution is 2.19. The number of likely N-dealkylation sites (N-methyl/N-ethyl adjacent to an activating group) is 1. The first-order valence-electron chi connectivity index (χ1n) is 6.89. The van der Waals surface area contributed by atoms with E-state index in [1.807, 2.05) is 20.9 Å². The number of aryl methyl sites for hydroxylation is 2. The fourth-order valence-corrected chi connectivity index (χ4v) is 2.60. The molecule has 2 atom stereocenters. The summed E-state index contributed by atoms with van der Waals surface area (Å²) in [6.45, 7) is 7.48. The van der Waals surface area contributed by atoms with Gasteiger partial charge in [0.25, 0.3) is 0 Å². The number of nitrogens with one attached hydrogen (secondary N) is 1. The molecule has 1 aliphatic heterocycles. The summed E-state index contributed by atoms with van der Waals surface area (Å²) in [4.78, 5) is 14.2. The first-order chi connectivity index (χ1) is 8.99. The van der Waals surface area contributed by atoms with Gasteiger partial charge in [-0.3, -0.25) is 4.79 Å². The minimum Gasteiger partial charge on any atom is -0.361 e. The summed E-state index contributed by atoms with van der Waals surface area (Å²) in [5.74, 6) is 1.57. The van der Waals surface area contributed by atoms with Crippen LogP contribution in [-0.2, 0) is 11.3 Å². The fourth-order valence-electron chi connectivity index (χ4n) is 2.60. The summed E-state index contributed by atoms with van der Waals surface area (Å²) in [6.07, 6.45) is 2.07. The Hall–Kier alpha value is -1.36. The predicted octanol–water partition coefficient (Wildman–Crippen LogP) is 1.64. The Morgan fingerprint density at radius 2 is 2.26 bits per heavy atom. The Labute approximate surface area is 114 Å². The molecule has 5 heteroatoms. The van der Waals surface area contributed by atoms with E-state index in [1.165, 1.54) is 0 Å². The minimum absolute atomic E-state index is 0.0470. The highest BCUT2D eigenvalue weighted by Gasteiger charge is 2.27. The summed E-state index contributed by atoms with van der Waals surface area (Å²) in [5, 5.41) is 7.23. The third-order valence-corrected chi connectivity index (χ3v) is 3.92. The molecule has 0 spiro atoms. The maximum Gasteiger partial charge on any atom is 0.239 e. The molecule has 1 N–H and O–H groups in total. The average molecular weight is 265 g/mol. The lowest BCUT2D eigenvalue weighted by Crippen LogP contribution is -2.48. The van der Waals surface area contributed by atoms with Crippen LogP contribution in [0.25, 0.3) is 0 Å². The van der Waals surface area contributed by atoms with Crippen LogP contribution in [0, 0.1) is 19.8 Å². The summed E-state index contributed by atoms with van der Waals surface area (Å²) in [6, 6.07) is -0.0470. The zero-order chi connectivity index (χ0) is 14.0. The number of amides is 1. The zero-order valence-electron chi connectivity index (χ0n) is 12.2. The molecule has 0 saturated carbocycles. The minimum atomic E-state index is -0.0470. The van der Waals surface area contributed by atoms with Crippen LogP contribution in [0.15, 0.2) is 4.52 Å². The Morgan fingerprint density at radius 3 is 2.84 bits per heavy atom. The van der Waals surface area contributed by atoms with Gasteiger partial charge in [-0.2, -0.15) is 0 Å². The average Bonchev–Trinajstić information content (AvgIpc) is 2.69.